The molecule has 0 saturated carbocycles. The summed E-state index contributed by atoms with van der Waals surface area (Å²) in [5.41, 5.74) is 0. The molecule has 2 aromatic rings. The normalized spacial score (nSPS) is 11.9. The Morgan fingerprint density at radius 3 is 2.67 bits per heavy atom. The first-order valence-electron chi connectivity index (χ1n) is 4.05. The molecule has 0 radical (unpaired) electrons. The lowest BCUT2D eigenvalue weighted by molar-refractivity contribution is 0.596. The fourth-order valence-electron chi connectivity index (χ4n) is 1.40. The zero-order valence-corrected chi connectivity index (χ0v) is 8.33. The van der Waals surface area contributed by atoms with Crippen LogP contribution in [-0.2, 0) is 10.0 Å². The predicted octanol–water partition coefficient (Wildman–Crippen LogP) is 1.02. The number of nitrogens with two attached hydrogens (primary N) is 1. The van der Waals surface area contributed by atoms with E-state index >= 15 is 0 Å². The van der Waals surface area contributed by atoms with Crippen molar-refractivity contribution in [3.63, 3.8) is 0 Å². The van der Waals surface area contributed by atoms with Crippen molar-refractivity contribution in [1.29, 1.82) is 0 Å². The van der Waals surface area contributed by atoms with Gasteiger partial charge < -0.3 is 0 Å². The number of hydrogen-bond acceptors (Lipinski definition) is 3. The van der Waals surface area contributed by atoms with Crippen LogP contribution >= 0.6 is 0 Å². The monoisotopic (exact) mass is 226 g/mol. The molecule has 0 fully saturated rings. The summed E-state index contributed by atoms with van der Waals surface area (Å²) in [6, 6.07) is 4.32. The highest BCUT2D eigenvalue weighted by molar-refractivity contribution is 7.89. The highest BCUT2D eigenvalue weighted by atomic mass is 32.2. The van der Waals surface area contributed by atoms with Crippen molar-refractivity contribution in [2.45, 2.75) is 4.90 Å². The molecule has 0 atom stereocenters. The minimum atomic E-state index is -3.92. The number of halogens is 1. The molecule has 4 nitrogen and oxygen atoms in total. The topological polar surface area (TPSA) is 73.1 Å². The average molecular weight is 226 g/mol. The van der Waals surface area contributed by atoms with E-state index in [4.69, 9.17) is 5.14 Å². The fraction of sp³-hybridized carbons (Fsp3) is 0. The van der Waals surface area contributed by atoms with E-state index in [-0.39, 0.29) is 10.3 Å². The van der Waals surface area contributed by atoms with Gasteiger partial charge in [-0.05, 0) is 6.07 Å². The van der Waals surface area contributed by atoms with Crippen LogP contribution in [0.1, 0.15) is 0 Å². The van der Waals surface area contributed by atoms with Gasteiger partial charge in [-0.15, -0.1) is 0 Å². The maximum Gasteiger partial charge on any atom is 0.238 e. The molecular weight excluding hydrogens is 219 g/mol. The Kier molecular flexibility index (Phi) is 2.17. The van der Waals surface area contributed by atoms with Crippen LogP contribution in [0.3, 0.4) is 0 Å². The molecule has 1 heterocycles. The Bertz CT molecular complexity index is 620. The number of aromatic nitrogens is 1. The molecule has 6 heteroatoms. The zero-order chi connectivity index (χ0) is 11.1. The van der Waals surface area contributed by atoms with Gasteiger partial charge in [-0.1, -0.05) is 12.1 Å². The van der Waals surface area contributed by atoms with Gasteiger partial charge in [0.25, 0.3) is 0 Å². The Morgan fingerprint density at radius 1 is 1.27 bits per heavy atom. The number of benzene rings is 1. The Hall–Kier alpha value is -1.53. The lowest BCUT2D eigenvalue weighted by Crippen LogP contribution is -2.13. The number of nitrogens with zero attached hydrogens (tertiary/aromatic N) is 1. The largest absolute Gasteiger partial charge is 0.261 e. The molecule has 1 aromatic heterocycles. The standard InChI is InChI=1S/C9H7FN2O2S/c10-7-5-12-4-6-2-1-3-8(9(6)7)15(11,13)14/h1-5H,(H2,11,13,14). The van der Waals surface area contributed by atoms with E-state index in [0.29, 0.717) is 5.39 Å². The van der Waals surface area contributed by atoms with Crippen molar-refractivity contribution in [3.8, 4) is 0 Å². The third-order valence-corrected chi connectivity index (χ3v) is 2.96. The average Bonchev–Trinajstić information content (AvgIpc) is 2.16. The Balaban J connectivity index is 2.99. The van der Waals surface area contributed by atoms with E-state index in [1.54, 1.807) is 6.07 Å². The third kappa shape index (κ3) is 1.69. The molecule has 2 N–H and O–H groups in total. The highest BCUT2D eigenvalue weighted by Gasteiger charge is 2.15. The zero-order valence-electron chi connectivity index (χ0n) is 7.51. The molecule has 15 heavy (non-hydrogen) atoms. The minimum Gasteiger partial charge on any atom is -0.261 e. The summed E-state index contributed by atoms with van der Waals surface area (Å²) in [4.78, 5) is 3.40. The van der Waals surface area contributed by atoms with Gasteiger partial charge in [-0.3, -0.25) is 4.98 Å². The van der Waals surface area contributed by atoms with E-state index in [2.05, 4.69) is 4.98 Å². The van der Waals surface area contributed by atoms with Gasteiger partial charge in [0.05, 0.1) is 11.1 Å². The number of fused-ring (bicyclic) bond motifs is 1. The number of primary sulfonamides is 1. The van der Waals surface area contributed by atoms with Crippen LogP contribution in [0.4, 0.5) is 4.39 Å². The number of sulfonamides is 1. The Labute approximate surface area is 85.6 Å². The molecule has 0 spiro atoms. The smallest absolute Gasteiger partial charge is 0.238 e. The van der Waals surface area contributed by atoms with Crippen LogP contribution in [0.15, 0.2) is 35.5 Å². The summed E-state index contributed by atoms with van der Waals surface area (Å²) >= 11 is 0. The van der Waals surface area contributed by atoms with E-state index in [1.807, 2.05) is 0 Å². The quantitative estimate of drug-likeness (QED) is 0.789. The summed E-state index contributed by atoms with van der Waals surface area (Å²) in [7, 11) is -3.92. The second-order valence-electron chi connectivity index (χ2n) is 3.02. The molecular formula is C9H7FN2O2S. The van der Waals surface area contributed by atoms with Gasteiger partial charge >= 0.3 is 0 Å². The number of rotatable bonds is 1. The van der Waals surface area contributed by atoms with Crippen molar-refractivity contribution in [2.24, 2.45) is 5.14 Å². The maximum atomic E-state index is 13.4. The molecule has 0 aliphatic rings. The van der Waals surface area contributed by atoms with Crippen LogP contribution in [-0.4, -0.2) is 13.4 Å². The van der Waals surface area contributed by atoms with Crippen LogP contribution in [0.5, 0.6) is 0 Å². The van der Waals surface area contributed by atoms with Gasteiger partial charge in [-0.2, -0.15) is 0 Å². The second-order valence-corrected chi connectivity index (χ2v) is 4.55. The van der Waals surface area contributed by atoms with Gasteiger partial charge in [-0.25, -0.2) is 17.9 Å². The molecule has 0 saturated heterocycles. The SMILES string of the molecule is NS(=O)(=O)c1cccc2cncc(F)c12. The van der Waals surface area contributed by atoms with Gasteiger partial charge in [0.2, 0.25) is 10.0 Å². The highest BCUT2D eigenvalue weighted by Crippen LogP contribution is 2.23. The maximum absolute atomic E-state index is 13.4. The summed E-state index contributed by atoms with van der Waals surface area (Å²) in [6.07, 6.45) is 2.34. The van der Waals surface area contributed by atoms with Crippen molar-refractivity contribution < 1.29 is 12.8 Å². The summed E-state index contributed by atoms with van der Waals surface area (Å²) in [5.74, 6) is -0.697. The van der Waals surface area contributed by atoms with Crippen LogP contribution < -0.4 is 5.14 Å². The lowest BCUT2D eigenvalue weighted by Gasteiger charge is -2.04. The van der Waals surface area contributed by atoms with Crippen molar-refractivity contribution >= 4 is 20.8 Å². The van der Waals surface area contributed by atoms with Gasteiger partial charge in [0.1, 0.15) is 0 Å². The van der Waals surface area contributed by atoms with E-state index in [1.165, 1.54) is 18.3 Å². The molecule has 0 amide bonds. The van der Waals surface area contributed by atoms with E-state index < -0.39 is 15.8 Å². The first-order valence-corrected chi connectivity index (χ1v) is 5.60. The lowest BCUT2D eigenvalue weighted by atomic mass is 10.2. The van der Waals surface area contributed by atoms with Crippen LogP contribution in [0.25, 0.3) is 10.8 Å². The molecule has 2 rings (SSSR count). The van der Waals surface area contributed by atoms with Gasteiger partial charge in [0, 0.05) is 17.0 Å². The third-order valence-electron chi connectivity index (χ3n) is 2.01. The van der Waals surface area contributed by atoms with Crippen molar-refractivity contribution in [2.75, 3.05) is 0 Å². The first kappa shape index (κ1) is 10.0. The van der Waals surface area contributed by atoms with Gasteiger partial charge in [0.15, 0.2) is 5.82 Å². The molecule has 0 aliphatic carbocycles. The molecule has 78 valence electrons. The first-order chi connectivity index (χ1) is 7.00. The molecule has 0 bridgehead atoms. The number of hydrogen-bond donors (Lipinski definition) is 1. The van der Waals surface area contributed by atoms with E-state index in [9.17, 15) is 12.8 Å². The summed E-state index contributed by atoms with van der Waals surface area (Å²) in [5, 5.41) is 5.36. The van der Waals surface area contributed by atoms with Crippen molar-refractivity contribution in [3.05, 3.63) is 36.4 Å². The summed E-state index contributed by atoms with van der Waals surface area (Å²) < 4.78 is 35.8. The molecule has 0 aliphatic heterocycles. The number of pyridine rings is 1. The molecule has 0 unspecified atom stereocenters. The predicted molar refractivity (Wildman–Crippen MR) is 53.1 cm³/mol. The fourth-order valence-corrected chi connectivity index (χ4v) is 2.16. The second kappa shape index (κ2) is 3.25. The van der Waals surface area contributed by atoms with E-state index in [0.717, 1.165) is 6.20 Å². The Morgan fingerprint density at radius 2 is 2.00 bits per heavy atom. The minimum absolute atomic E-state index is 0.0185. The van der Waals surface area contributed by atoms with Crippen molar-refractivity contribution in [1.82, 2.24) is 4.98 Å². The molecule has 1 aromatic carbocycles. The van der Waals surface area contributed by atoms with Crippen LogP contribution in [0, 0.1) is 5.82 Å². The summed E-state index contributed by atoms with van der Waals surface area (Å²) in [6.45, 7) is 0. The van der Waals surface area contributed by atoms with Crippen LogP contribution in [0.2, 0.25) is 0 Å².